The van der Waals surface area contributed by atoms with Gasteiger partial charge in [-0.1, -0.05) is 36.2 Å². The average Bonchev–Trinajstić information content (AvgIpc) is 2.66. The zero-order valence-corrected chi connectivity index (χ0v) is 17.2. The molecule has 0 unspecified atom stereocenters. The molecule has 2 aromatic rings. The van der Waals surface area contributed by atoms with Gasteiger partial charge < -0.3 is 19.5 Å². The Balaban J connectivity index is 2.02. The van der Waals surface area contributed by atoms with Crippen LogP contribution < -0.4 is 14.8 Å². The molecule has 0 aliphatic heterocycles. The number of nitrogens with one attached hydrogen (secondary N) is 1. The van der Waals surface area contributed by atoms with Crippen LogP contribution in [-0.2, 0) is 9.53 Å². The van der Waals surface area contributed by atoms with E-state index >= 15 is 0 Å². The number of ether oxygens (including phenoxy) is 3. The number of esters is 1. The first-order chi connectivity index (χ1) is 13.3. The van der Waals surface area contributed by atoms with E-state index in [0.29, 0.717) is 23.8 Å². The zero-order chi connectivity index (χ0) is 20.7. The van der Waals surface area contributed by atoms with E-state index in [1.807, 2.05) is 39.0 Å². The lowest BCUT2D eigenvalue weighted by molar-refractivity contribution is -0.119. The van der Waals surface area contributed by atoms with Crippen LogP contribution in [0, 0.1) is 13.8 Å². The Bertz CT molecular complexity index is 866. The number of aryl methyl sites for hydroxylation is 2. The van der Waals surface area contributed by atoms with Gasteiger partial charge in [-0.3, -0.25) is 4.79 Å². The van der Waals surface area contributed by atoms with Crippen LogP contribution in [0.4, 0.5) is 5.69 Å². The molecule has 0 spiro atoms. The summed E-state index contributed by atoms with van der Waals surface area (Å²) in [5.41, 5.74) is 2.87. The first-order valence-electron chi connectivity index (χ1n) is 8.90. The van der Waals surface area contributed by atoms with Crippen LogP contribution in [0.3, 0.4) is 0 Å². The topological polar surface area (TPSA) is 73.9 Å². The van der Waals surface area contributed by atoms with Gasteiger partial charge in [0.2, 0.25) is 0 Å². The highest BCUT2D eigenvalue weighted by molar-refractivity contribution is 6.32. The predicted molar refractivity (Wildman–Crippen MR) is 109 cm³/mol. The van der Waals surface area contributed by atoms with Gasteiger partial charge in [0.1, 0.15) is 0 Å². The molecule has 28 heavy (non-hydrogen) atoms. The van der Waals surface area contributed by atoms with Crippen molar-refractivity contribution >= 4 is 29.2 Å². The van der Waals surface area contributed by atoms with Crippen LogP contribution in [0.15, 0.2) is 30.3 Å². The monoisotopic (exact) mass is 405 g/mol. The Kier molecular flexibility index (Phi) is 7.70. The summed E-state index contributed by atoms with van der Waals surface area (Å²) < 4.78 is 15.9. The molecule has 0 radical (unpaired) electrons. The van der Waals surface area contributed by atoms with Gasteiger partial charge in [-0.15, -0.1) is 0 Å². The third-order valence-electron chi connectivity index (χ3n) is 3.91. The first-order valence-corrected chi connectivity index (χ1v) is 9.28. The normalized spacial score (nSPS) is 10.3. The summed E-state index contributed by atoms with van der Waals surface area (Å²) in [6.07, 6.45) is 0.804. The van der Waals surface area contributed by atoms with Crippen molar-refractivity contribution in [3.8, 4) is 11.5 Å². The minimum Gasteiger partial charge on any atom is -0.493 e. The van der Waals surface area contributed by atoms with E-state index in [1.54, 1.807) is 0 Å². The molecule has 0 aromatic heterocycles. The van der Waals surface area contributed by atoms with E-state index in [1.165, 1.54) is 19.2 Å². The number of hydrogen-bond acceptors (Lipinski definition) is 5. The highest BCUT2D eigenvalue weighted by Crippen LogP contribution is 2.36. The fraction of sp³-hybridized carbons (Fsp3) is 0.333. The molecule has 0 heterocycles. The van der Waals surface area contributed by atoms with Crippen molar-refractivity contribution in [3.05, 3.63) is 52.0 Å². The molecule has 0 fully saturated rings. The van der Waals surface area contributed by atoms with Crippen molar-refractivity contribution in [2.45, 2.75) is 27.2 Å². The second-order valence-electron chi connectivity index (χ2n) is 6.28. The van der Waals surface area contributed by atoms with Crippen LogP contribution in [0.1, 0.15) is 34.8 Å². The highest BCUT2D eigenvalue weighted by atomic mass is 35.5. The first kappa shape index (κ1) is 21.6. The lowest BCUT2D eigenvalue weighted by atomic mass is 10.1. The number of hydrogen-bond donors (Lipinski definition) is 1. The summed E-state index contributed by atoms with van der Waals surface area (Å²) in [6, 6.07) is 8.56. The second-order valence-corrected chi connectivity index (χ2v) is 6.69. The Morgan fingerprint density at radius 3 is 2.54 bits per heavy atom. The average molecular weight is 406 g/mol. The summed E-state index contributed by atoms with van der Waals surface area (Å²) in [7, 11) is 1.46. The lowest BCUT2D eigenvalue weighted by Gasteiger charge is -2.13. The predicted octanol–water partition coefficient (Wildman–Crippen LogP) is 4.55. The van der Waals surface area contributed by atoms with Gasteiger partial charge in [0.25, 0.3) is 5.91 Å². The van der Waals surface area contributed by atoms with Gasteiger partial charge in [0.05, 0.1) is 24.3 Å². The molecule has 7 heteroatoms. The smallest absolute Gasteiger partial charge is 0.338 e. The van der Waals surface area contributed by atoms with Gasteiger partial charge in [-0.05, 0) is 44.0 Å². The minimum absolute atomic E-state index is 0.171. The third kappa shape index (κ3) is 5.63. The molecule has 0 atom stereocenters. The van der Waals surface area contributed by atoms with Crippen LogP contribution >= 0.6 is 11.6 Å². The highest BCUT2D eigenvalue weighted by Gasteiger charge is 2.18. The fourth-order valence-electron chi connectivity index (χ4n) is 2.54. The number of benzene rings is 2. The van der Waals surface area contributed by atoms with Crippen LogP contribution in [-0.4, -0.2) is 32.2 Å². The molecular weight excluding hydrogens is 382 g/mol. The fourth-order valence-corrected chi connectivity index (χ4v) is 2.80. The van der Waals surface area contributed by atoms with Gasteiger partial charge in [-0.25, -0.2) is 4.79 Å². The summed E-state index contributed by atoms with van der Waals surface area (Å²) in [4.78, 5) is 24.4. The molecule has 1 N–H and O–H groups in total. The number of methoxy groups -OCH3 is 1. The van der Waals surface area contributed by atoms with Gasteiger partial charge >= 0.3 is 5.97 Å². The van der Waals surface area contributed by atoms with Crippen LogP contribution in [0.25, 0.3) is 0 Å². The van der Waals surface area contributed by atoms with Crippen molar-refractivity contribution in [2.75, 3.05) is 25.6 Å². The molecule has 1 amide bonds. The molecule has 0 aliphatic carbocycles. The van der Waals surface area contributed by atoms with E-state index in [2.05, 4.69) is 5.32 Å². The van der Waals surface area contributed by atoms with Crippen molar-refractivity contribution in [2.24, 2.45) is 0 Å². The van der Waals surface area contributed by atoms with Crippen molar-refractivity contribution in [3.63, 3.8) is 0 Å². The SMILES string of the molecule is CCCOc1c(Cl)cc(C(=O)OCC(=O)Nc2ccc(C)cc2C)cc1OC. The van der Waals surface area contributed by atoms with E-state index in [4.69, 9.17) is 25.8 Å². The van der Waals surface area contributed by atoms with Crippen molar-refractivity contribution in [1.29, 1.82) is 0 Å². The molecule has 0 aliphatic rings. The molecular formula is C21H24ClNO5. The summed E-state index contributed by atoms with van der Waals surface area (Å²) in [5, 5.41) is 2.96. The molecule has 2 rings (SSSR count). The van der Waals surface area contributed by atoms with Crippen LogP contribution in [0.2, 0.25) is 5.02 Å². The molecule has 0 saturated carbocycles. The molecule has 0 saturated heterocycles. The van der Waals surface area contributed by atoms with E-state index < -0.39 is 18.5 Å². The number of anilines is 1. The van der Waals surface area contributed by atoms with E-state index in [9.17, 15) is 9.59 Å². The van der Waals surface area contributed by atoms with Crippen molar-refractivity contribution < 1.29 is 23.8 Å². The quantitative estimate of drug-likeness (QED) is 0.652. The van der Waals surface area contributed by atoms with E-state index in [0.717, 1.165) is 17.5 Å². The third-order valence-corrected chi connectivity index (χ3v) is 4.19. The molecule has 0 bridgehead atoms. The van der Waals surface area contributed by atoms with E-state index in [-0.39, 0.29) is 10.6 Å². The Hall–Kier alpha value is -2.73. The maximum Gasteiger partial charge on any atom is 0.338 e. The summed E-state index contributed by atoms with van der Waals surface area (Å²) in [5.74, 6) is -0.415. The van der Waals surface area contributed by atoms with Crippen LogP contribution in [0.5, 0.6) is 11.5 Å². The zero-order valence-electron chi connectivity index (χ0n) is 16.4. The molecule has 2 aromatic carbocycles. The maximum atomic E-state index is 12.3. The number of carbonyl (C=O) groups is 2. The largest absolute Gasteiger partial charge is 0.493 e. The Morgan fingerprint density at radius 1 is 1.14 bits per heavy atom. The van der Waals surface area contributed by atoms with Gasteiger partial charge in [0.15, 0.2) is 18.1 Å². The van der Waals surface area contributed by atoms with Gasteiger partial charge in [-0.2, -0.15) is 0 Å². The van der Waals surface area contributed by atoms with Crippen molar-refractivity contribution in [1.82, 2.24) is 0 Å². The maximum absolute atomic E-state index is 12.3. The minimum atomic E-state index is -0.682. The summed E-state index contributed by atoms with van der Waals surface area (Å²) in [6.45, 7) is 5.89. The number of amides is 1. The number of carbonyl (C=O) groups excluding carboxylic acids is 2. The number of rotatable bonds is 8. The van der Waals surface area contributed by atoms with Gasteiger partial charge in [0, 0.05) is 5.69 Å². The lowest BCUT2D eigenvalue weighted by Crippen LogP contribution is -2.21. The molecule has 6 nitrogen and oxygen atoms in total. The Morgan fingerprint density at radius 2 is 1.89 bits per heavy atom. The summed E-state index contributed by atoms with van der Waals surface area (Å²) >= 11 is 6.20. The number of halogens is 1. The Labute approximate surface area is 169 Å². The standard InChI is InChI=1S/C21H24ClNO5/c1-5-8-27-20-16(22)10-15(11-18(20)26-4)21(25)28-12-19(24)23-17-7-6-13(2)9-14(17)3/h6-7,9-11H,5,8,12H2,1-4H3,(H,23,24). The second kappa shape index (κ2) is 9.99. The molecule has 150 valence electrons.